The molecule has 0 atom stereocenters. The fourth-order valence-corrected chi connectivity index (χ4v) is 4.57. The van der Waals surface area contributed by atoms with Crippen molar-refractivity contribution >= 4 is 47.9 Å². The molecule has 0 bridgehead atoms. The maximum Gasteiger partial charge on any atom is 0.174 e. The molecule has 0 saturated heterocycles. The van der Waals surface area contributed by atoms with Gasteiger partial charge in [-0.25, -0.2) is 4.98 Å². The normalized spacial score (nSPS) is 13.0. The minimum atomic E-state index is 0. The van der Waals surface area contributed by atoms with Crippen molar-refractivity contribution in [1.29, 1.82) is 0 Å². The van der Waals surface area contributed by atoms with Gasteiger partial charge in [0.05, 0.1) is 12.2 Å². The van der Waals surface area contributed by atoms with Crippen LogP contribution in [0, 0.1) is 6.92 Å². The van der Waals surface area contributed by atoms with E-state index in [1.165, 1.54) is 5.69 Å². The highest BCUT2D eigenvalue weighted by molar-refractivity contribution is 8.01. The van der Waals surface area contributed by atoms with Gasteiger partial charge >= 0.3 is 0 Å². The largest absolute Gasteiger partial charge is 0.330 e. The molecule has 4 heterocycles. The summed E-state index contributed by atoms with van der Waals surface area (Å²) in [5, 5.41) is 17.3. The molecule has 0 radical (unpaired) electrons. The van der Waals surface area contributed by atoms with E-state index in [9.17, 15) is 0 Å². The van der Waals surface area contributed by atoms with Crippen LogP contribution >= 0.6 is 47.9 Å². The molecule has 0 aromatic carbocycles. The number of aryl methyl sites for hydroxylation is 2. The molecule has 0 unspecified atom stereocenters. The first-order valence-corrected chi connectivity index (χ1v) is 9.81. The molecule has 3 aromatic heterocycles. The second kappa shape index (κ2) is 9.70. The van der Waals surface area contributed by atoms with E-state index in [0.29, 0.717) is 0 Å². The molecular formula is C15H21Cl2N7S2. The Morgan fingerprint density at radius 3 is 2.96 bits per heavy atom. The van der Waals surface area contributed by atoms with Crippen LogP contribution in [0.5, 0.6) is 0 Å². The van der Waals surface area contributed by atoms with Crippen LogP contribution in [0.25, 0.3) is 11.5 Å². The first kappa shape index (κ1) is 21.2. The third kappa shape index (κ3) is 4.77. The van der Waals surface area contributed by atoms with Crippen molar-refractivity contribution in [3.05, 3.63) is 29.2 Å². The van der Waals surface area contributed by atoms with Gasteiger partial charge in [-0.3, -0.25) is 4.68 Å². The average molecular weight is 434 g/mol. The Morgan fingerprint density at radius 1 is 1.31 bits per heavy atom. The highest BCUT2D eigenvalue weighted by Gasteiger charge is 2.15. The van der Waals surface area contributed by atoms with Crippen molar-refractivity contribution in [3.8, 4) is 11.5 Å². The van der Waals surface area contributed by atoms with Crippen LogP contribution < -0.4 is 5.32 Å². The van der Waals surface area contributed by atoms with Crippen molar-refractivity contribution in [3.63, 3.8) is 0 Å². The standard InChI is InChI=1S/C15H19N7S2.2ClH/c1-11-18-19-15(24-11)23-8-2-5-21-6-4-17-14(21)13-9-12-10-16-3-7-22(12)20-13;;/h4,6,9,16H,2-3,5,7-8,10H2,1H3;2*1H. The molecule has 11 heteroatoms. The summed E-state index contributed by atoms with van der Waals surface area (Å²) >= 11 is 3.42. The van der Waals surface area contributed by atoms with Crippen molar-refractivity contribution in [1.82, 2.24) is 34.8 Å². The van der Waals surface area contributed by atoms with Gasteiger partial charge in [-0.1, -0.05) is 23.1 Å². The number of nitrogens with one attached hydrogen (secondary N) is 1. The van der Waals surface area contributed by atoms with Gasteiger partial charge in [0.15, 0.2) is 10.2 Å². The zero-order chi connectivity index (χ0) is 16.4. The quantitative estimate of drug-likeness (QED) is 0.475. The fraction of sp³-hybridized carbons (Fsp3) is 0.467. The minimum Gasteiger partial charge on any atom is -0.330 e. The van der Waals surface area contributed by atoms with Gasteiger partial charge in [0.2, 0.25) is 0 Å². The maximum absolute atomic E-state index is 4.70. The summed E-state index contributed by atoms with van der Waals surface area (Å²) in [7, 11) is 0. The number of rotatable bonds is 6. The highest BCUT2D eigenvalue weighted by atomic mass is 35.5. The average Bonchev–Trinajstić information content (AvgIpc) is 3.30. The van der Waals surface area contributed by atoms with Crippen LogP contribution in [0.15, 0.2) is 22.8 Å². The molecule has 0 spiro atoms. The van der Waals surface area contributed by atoms with Crippen LogP contribution in [0.4, 0.5) is 0 Å². The van der Waals surface area contributed by atoms with Crippen molar-refractivity contribution in [2.24, 2.45) is 0 Å². The smallest absolute Gasteiger partial charge is 0.174 e. The molecule has 1 aliphatic heterocycles. The lowest BCUT2D eigenvalue weighted by Gasteiger charge is -2.13. The first-order chi connectivity index (χ1) is 11.8. The number of nitrogens with zero attached hydrogens (tertiary/aromatic N) is 6. The Balaban J connectivity index is 0.00000121. The van der Waals surface area contributed by atoms with Gasteiger partial charge in [0.1, 0.15) is 10.7 Å². The fourth-order valence-electron chi connectivity index (χ4n) is 2.76. The Kier molecular flexibility index (Phi) is 7.90. The zero-order valence-electron chi connectivity index (χ0n) is 14.3. The van der Waals surface area contributed by atoms with E-state index < -0.39 is 0 Å². The lowest BCUT2D eigenvalue weighted by molar-refractivity contribution is 0.476. The SMILES string of the molecule is Cc1nnc(SCCCn2ccnc2-c2cc3n(n2)CCNC3)s1.Cl.Cl. The zero-order valence-corrected chi connectivity index (χ0v) is 17.6. The van der Waals surface area contributed by atoms with E-state index in [1.807, 2.05) is 19.3 Å². The van der Waals surface area contributed by atoms with Gasteiger partial charge in [0.25, 0.3) is 0 Å². The molecule has 1 aliphatic rings. The molecule has 7 nitrogen and oxygen atoms in total. The van der Waals surface area contributed by atoms with Gasteiger partial charge in [0, 0.05) is 37.8 Å². The Hall–Kier alpha value is -1.13. The second-order valence-electron chi connectivity index (χ2n) is 5.65. The summed E-state index contributed by atoms with van der Waals surface area (Å²) in [5.41, 5.74) is 2.19. The van der Waals surface area contributed by atoms with Gasteiger partial charge in [-0.05, 0) is 19.4 Å². The third-order valence-corrected chi connectivity index (χ3v) is 5.95. The van der Waals surface area contributed by atoms with E-state index in [4.69, 9.17) is 5.10 Å². The topological polar surface area (TPSA) is 73.5 Å². The molecular weight excluding hydrogens is 413 g/mol. The Labute approximate surface area is 172 Å². The van der Waals surface area contributed by atoms with E-state index in [-0.39, 0.29) is 24.8 Å². The van der Waals surface area contributed by atoms with Crippen LogP contribution in [0.1, 0.15) is 17.1 Å². The summed E-state index contributed by atoms with van der Waals surface area (Å²) in [4.78, 5) is 4.51. The van der Waals surface area contributed by atoms with Gasteiger partial charge in [-0.15, -0.1) is 35.0 Å². The number of halogens is 2. The number of aromatic nitrogens is 6. The summed E-state index contributed by atoms with van der Waals surface area (Å²) < 4.78 is 5.32. The first-order valence-electron chi connectivity index (χ1n) is 8.01. The number of imidazole rings is 1. The summed E-state index contributed by atoms with van der Waals surface area (Å²) in [5.74, 6) is 1.98. The monoisotopic (exact) mass is 433 g/mol. The van der Waals surface area contributed by atoms with E-state index in [0.717, 1.165) is 59.2 Å². The molecule has 4 rings (SSSR count). The summed E-state index contributed by atoms with van der Waals surface area (Å²) in [6.07, 6.45) is 4.95. The summed E-state index contributed by atoms with van der Waals surface area (Å²) in [6.45, 7) is 5.70. The third-order valence-electron chi connectivity index (χ3n) is 3.89. The lowest BCUT2D eigenvalue weighted by Crippen LogP contribution is -2.28. The van der Waals surface area contributed by atoms with E-state index >= 15 is 0 Å². The van der Waals surface area contributed by atoms with Crippen LogP contribution in [-0.4, -0.2) is 41.8 Å². The van der Waals surface area contributed by atoms with Crippen LogP contribution in [0.2, 0.25) is 0 Å². The van der Waals surface area contributed by atoms with Gasteiger partial charge < -0.3 is 9.88 Å². The number of fused-ring (bicyclic) bond motifs is 1. The minimum absolute atomic E-state index is 0. The van der Waals surface area contributed by atoms with Gasteiger partial charge in [-0.2, -0.15) is 5.10 Å². The Bertz CT molecular complexity index is 806. The second-order valence-corrected chi connectivity index (χ2v) is 8.18. The Morgan fingerprint density at radius 2 is 2.19 bits per heavy atom. The lowest BCUT2D eigenvalue weighted by atomic mass is 10.3. The highest BCUT2D eigenvalue weighted by Crippen LogP contribution is 2.23. The van der Waals surface area contributed by atoms with Crippen LogP contribution in [0.3, 0.4) is 0 Å². The molecule has 0 aliphatic carbocycles. The predicted molar refractivity (Wildman–Crippen MR) is 110 cm³/mol. The molecule has 0 saturated carbocycles. The number of hydrogen-bond donors (Lipinski definition) is 1. The summed E-state index contributed by atoms with van der Waals surface area (Å²) in [6, 6.07) is 2.14. The molecule has 3 aromatic rings. The predicted octanol–water partition coefficient (Wildman–Crippen LogP) is 3.04. The molecule has 0 amide bonds. The van der Waals surface area contributed by atoms with E-state index in [2.05, 4.69) is 35.8 Å². The van der Waals surface area contributed by atoms with Crippen molar-refractivity contribution in [2.75, 3.05) is 12.3 Å². The molecule has 142 valence electrons. The van der Waals surface area contributed by atoms with E-state index in [1.54, 1.807) is 23.1 Å². The number of hydrogen-bond acceptors (Lipinski definition) is 7. The molecule has 1 N–H and O–H groups in total. The molecule has 0 fully saturated rings. The van der Waals surface area contributed by atoms with Crippen molar-refractivity contribution < 1.29 is 0 Å². The number of thioether (sulfide) groups is 1. The molecule has 26 heavy (non-hydrogen) atoms. The maximum atomic E-state index is 4.70. The van der Waals surface area contributed by atoms with Crippen molar-refractivity contribution in [2.45, 2.75) is 37.3 Å². The van der Waals surface area contributed by atoms with Crippen LogP contribution in [-0.2, 0) is 19.6 Å².